The van der Waals surface area contributed by atoms with E-state index in [1.807, 2.05) is 0 Å². The maximum Gasteiger partial charge on any atom is 0.342 e. The minimum Gasteiger partial charge on any atom is -0.462 e. The highest BCUT2D eigenvalue weighted by molar-refractivity contribution is 5.76. The first-order chi connectivity index (χ1) is 7.61. The Morgan fingerprint density at radius 2 is 1.94 bits per heavy atom. The highest BCUT2D eigenvalue weighted by atomic mass is 17.2. The van der Waals surface area contributed by atoms with Gasteiger partial charge in [0, 0.05) is 7.11 Å². The summed E-state index contributed by atoms with van der Waals surface area (Å²) >= 11 is 0. The Kier molecular flexibility index (Phi) is 8.41. The van der Waals surface area contributed by atoms with E-state index < -0.39 is 18.0 Å². The highest BCUT2D eigenvalue weighted by Crippen LogP contribution is 1.99. The standard InChI is InChI=1S/C9H17NO6/c1-13-5-6-15-9(12)7(10)3-4-8(11)16-14-2/h7H,3-6,10H2,1-2H3. The molecule has 0 amide bonds. The summed E-state index contributed by atoms with van der Waals surface area (Å²) in [6, 6.07) is -0.846. The van der Waals surface area contributed by atoms with Gasteiger partial charge in [-0.15, -0.1) is 0 Å². The summed E-state index contributed by atoms with van der Waals surface area (Å²) in [5.74, 6) is -1.15. The number of methoxy groups -OCH3 is 1. The van der Waals surface area contributed by atoms with Crippen molar-refractivity contribution in [2.45, 2.75) is 18.9 Å². The summed E-state index contributed by atoms with van der Waals surface area (Å²) in [5, 5.41) is 0. The van der Waals surface area contributed by atoms with Gasteiger partial charge in [-0.1, -0.05) is 0 Å². The summed E-state index contributed by atoms with van der Waals surface area (Å²) in [6.07, 6.45) is 0.141. The average Bonchev–Trinajstić information content (AvgIpc) is 2.26. The minimum atomic E-state index is -0.846. The molecule has 0 aliphatic carbocycles. The smallest absolute Gasteiger partial charge is 0.342 e. The van der Waals surface area contributed by atoms with Gasteiger partial charge in [0.25, 0.3) is 0 Å². The Labute approximate surface area is 93.7 Å². The number of ether oxygens (including phenoxy) is 2. The van der Waals surface area contributed by atoms with Crippen LogP contribution in [-0.4, -0.2) is 45.4 Å². The number of hydrogen-bond donors (Lipinski definition) is 1. The van der Waals surface area contributed by atoms with Gasteiger partial charge in [-0.25, -0.2) is 4.79 Å². The Bertz CT molecular complexity index is 220. The zero-order valence-electron chi connectivity index (χ0n) is 9.43. The van der Waals surface area contributed by atoms with Crippen molar-refractivity contribution >= 4 is 11.9 Å². The summed E-state index contributed by atoms with van der Waals surface area (Å²) < 4.78 is 9.46. The molecule has 0 aromatic heterocycles. The Hall–Kier alpha value is -1.18. The van der Waals surface area contributed by atoms with E-state index in [2.05, 4.69) is 9.78 Å². The third kappa shape index (κ3) is 7.16. The fourth-order valence-corrected chi connectivity index (χ4v) is 0.858. The molecule has 0 aromatic rings. The molecule has 0 radical (unpaired) electrons. The Morgan fingerprint density at radius 3 is 2.50 bits per heavy atom. The molecular formula is C9H17NO6. The zero-order valence-corrected chi connectivity index (χ0v) is 9.43. The van der Waals surface area contributed by atoms with Crippen LogP contribution < -0.4 is 5.73 Å². The lowest BCUT2D eigenvalue weighted by Gasteiger charge is -2.10. The van der Waals surface area contributed by atoms with Crippen LogP contribution >= 0.6 is 0 Å². The van der Waals surface area contributed by atoms with E-state index >= 15 is 0 Å². The van der Waals surface area contributed by atoms with E-state index in [4.69, 9.17) is 15.2 Å². The van der Waals surface area contributed by atoms with Crippen molar-refractivity contribution in [3.8, 4) is 0 Å². The fourth-order valence-electron chi connectivity index (χ4n) is 0.858. The first-order valence-electron chi connectivity index (χ1n) is 4.76. The number of hydrogen-bond acceptors (Lipinski definition) is 7. The first-order valence-corrected chi connectivity index (χ1v) is 4.76. The fraction of sp³-hybridized carbons (Fsp3) is 0.778. The Morgan fingerprint density at radius 1 is 1.25 bits per heavy atom. The van der Waals surface area contributed by atoms with Crippen molar-refractivity contribution in [1.82, 2.24) is 0 Å². The van der Waals surface area contributed by atoms with Gasteiger partial charge in [0.2, 0.25) is 0 Å². The van der Waals surface area contributed by atoms with Crippen LogP contribution in [0.2, 0.25) is 0 Å². The van der Waals surface area contributed by atoms with Gasteiger partial charge in [0.15, 0.2) is 0 Å². The molecule has 0 bridgehead atoms. The molecule has 0 heterocycles. The molecule has 7 nitrogen and oxygen atoms in total. The van der Waals surface area contributed by atoms with Crippen LogP contribution in [0.1, 0.15) is 12.8 Å². The molecule has 94 valence electrons. The molecule has 2 N–H and O–H groups in total. The molecule has 16 heavy (non-hydrogen) atoms. The molecule has 0 aliphatic rings. The van der Waals surface area contributed by atoms with Crippen molar-refractivity contribution in [3.05, 3.63) is 0 Å². The third-order valence-electron chi connectivity index (χ3n) is 1.67. The second-order valence-electron chi connectivity index (χ2n) is 2.93. The third-order valence-corrected chi connectivity index (χ3v) is 1.67. The van der Waals surface area contributed by atoms with Gasteiger partial charge in [-0.2, -0.15) is 4.89 Å². The molecule has 1 unspecified atom stereocenters. The number of esters is 1. The van der Waals surface area contributed by atoms with Crippen LogP contribution in [0.3, 0.4) is 0 Å². The van der Waals surface area contributed by atoms with E-state index in [1.165, 1.54) is 14.2 Å². The van der Waals surface area contributed by atoms with Crippen LogP contribution in [0.5, 0.6) is 0 Å². The van der Waals surface area contributed by atoms with Crippen LogP contribution in [0.15, 0.2) is 0 Å². The predicted octanol–water partition coefficient (Wildman–Crippen LogP) is -0.612. The number of carbonyl (C=O) groups excluding carboxylic acids is 2. The van der Waals surface area contributed by atoms with E-state index in [0.717, 1.165) is 0 Å². The van der Waals surface area contributed by atoms with Crippen LogP contribution in [0.25, 0.3) is 0 Å². The zero-order chi connectivity index (χ0) is 12.4. The molecule has 1 atom stereocenters. The number of nitrogens with two attached hydrogens (primary N) is 1. The van der Waals surface area contributed by atoms with Gasteiger partial charge in [0.05, 0.1) is 20.1 Å². The summed E-state index contributed by atoms with van der Waals surface area (Å²) in [6.45, 7) is 0.454. The molecule has 0 rings (SSSR count). The van der Waals surface area contributed by atoms with Gasteiger partial charge in [-0.3, -0.25) is 9.68 Å². The van der Waals surface area contributed by atoms with Crippen molar-refractivity contribution in [3.63, 3.8) is 0 Å². The second kappa shape index (κ2) is 9.08. The Balaban J connectivity index is 3.66. The maximum atomic E-state index is 11.2. The van der Waals surface area contributed by atoms with E-state index in [1.54, 1.807) is 0 Å². The summed E-state index contributed by atoms with van der Waals surface area (Å²) in [4.78, 5) is 30.4. The van der Waals surface area contributed by atoms with Gasteiger partial charge < -0.3 is 15.2 Å². The molecule has 7 heteroatoms. The van der Waals surface area contributed by atoms with Crippen molar-refractivity contribution < 1.29 is 28.8 Å². The number of rotatable bonds is 8. The monoisotopic (exact) mass is 235 g/mol. The lowest BCUT2D eigenvalue weighted by Crippen LogP contribution is -2.33. The van der Waals surface area contributed by atoms with Crippen LogP contribution in [-0.2, 0) is 28.8 Å². The predicted molar refractivity (Wildman–Crippen MR) is 53.1 cm³/mol. The largest absolute Gasteiger partial charge is 0.462 e. The topological polar surface area (TPSA) is 97.1 Å². The normalized spacial score (nSPS) is 11.9. The lowest BCUT2D eigenvalue weighted by molar-refractivity contribution is -0.255. The van der Waals surface area contributed by atoms with Gasteiger partial charge in [0.1, 0.15) is 12.6 Å². The minimum absolute atomic E-state index is 0.00557. The SMILES string of the molecule is COCCOC(=O)C(N)CCC(=O)OOC. The van der Waals surface area contributed by atoms with Gasteiger partial charge >= 0.3 is 11.9 Å². The van der Waals surface area contributed by atoms with E-state index in [9.17, 15) is 9.59 Å². The average molecular weight is 235 g/mol. The first kappa shape index (κ1) is 14.8. The van der Waals surface area contributed by atoms with Crippen LogP contribution in [0, 0.1) is 0 Å². The number of carbonyl (C=O) groups is 2. The lowest BCUT2D eigenvalue weighted by atomic mass is 10.2. The van der Waals surface area contributed by atoms with Gasteiger partial charge in [-0.05, 0) is 6.42 Å². The van der Waals surface area contributed by atoms with Crippen molar-refractivity contribution in [1.29, 1.82) is 0 Å². The van der Waals surface area contributed by atoms with Crippen LogP contribution in [0.4, 0.5) is 0 Å². The summed E-state index contributed by atoms with van der Waals surface area (Å²) in [7, 11) is 2.71. The molecular weight excluding hydrogens is 218 g/mol. The molecule has 0 aliphatic heterocycles. The molecule has 0 aromatic carbocycles. The highest BCUT2D eigenvalue weighted by Gasteiger charge is 2.17. The second-order valence-corrected chi connectivity index (χ2v) is 2.93. The van der Waals surface area contributed by atoms with E-state index in [-0.39, 0.29) is 19.4 Å². The van der Waals surface area contributed by atoms with Crippen molar-refractivity contribution in [2.24, 2.45) is 5.73 Å². The maximum absolute atomic E-state index is 11.2. The molecule has 0 saturated heterocycles. The quantitative estimate of drug-likeness (QED) is 0.259. The molecule has 0 saturated carbocycles. The summed E-state index contributed by atoms with van der Waals surface area (Å²) in [5.41, 5.74) is 5.48. The van der Waals surface area contributed by atoms with E-state index in [0.29, 0.717) is 6.61 Å². The molecule has 0 spiro atoms. The molecule has 0 fully saturated rings. The van der Waals surface area contributed by atoms with Crippen molar-refractivity contribution in [2.75, 3.05) is 27.4 Å².